The van der Waals surface area contributed by atoms with Gasteiger partial charge < -0.3 is 10.3 Å². The highest BCUT2D eigenvalue weighted by Gasteiger charge is 2.39. The Morgan fingerprint density at radius 2 is 1.95 bits per heavy atom. The van der Waals surface area contributed by atoms with Gasteiger partial charge in [0.2, 0.25) is 0 Å². The molecule has 4 rings (SSSR count). The van der Waals surface area contributed by atoms with E-state index >= 15 is 0 Å². The molecule has 6 nitrogen and oxygen atoms in total. The van der Waals surface area contributed by atoms with Crippen molar-refractivity contribution in [1.29, 1.82) is 0 Å². The Labute approximate surface area is 133 Å². The van der Waals surface area contributed by atoms with Gasteiger partial charge in [-0.25, -0.2) is 4.68 Å². The van der Waals surface area contributed by atoms with Gasteiger partial charge in [0.05, 0.1) is 11.2 Å². The van der Waals surface area contributed by atoms with Crippen LogP contribution < -0.4 is 5.73 Å². The Hall–Kier alpha value is -2.18. The van der Waals surface area contributed by atoms with Gasteiger partial charge in [0.25, 0.3) is 5.89 Å². The van der Waals surface area contributed by atoms with Gasteiger partial charge in [0.1, 0.15) is 0 Å². The average molecular weight is 318 g/mol. The van der Waals surface area contributed by atoms with E-state index in [1.165, 1.54) is 0 Å². The molecule has 2 heterocycles. The summed E-state index contributed by atoms with van der Waals surface area (Å²) in [5.41, 5.74) is 7.68. The topological polar surface area (TPSA) is 82.8 Å². The second-order valence-electron chi connectivity index (χ2n) is 5.43. The smallest absolute Gasteiger partial charge is 0.257 e. The van der Waals surface area contributed by atoms with Crippen molar-refractivity contribution in [2.24, 2.45) is 5.73 Å². The van der Waals surface area contributed by atoms with Crippen LogP contribution in [0.1, 0.15) is 25.1 Å². The number of nitrogens with zero attached hydrogens (tertiary/aromatic N) is 4. The first kappa shape index (κ1) is 14.7. The minimum atomic E-state index is -0.392. The fourth-order valence-electron chi connectivity index (χ4n) is 2.50. The highest BCUT2D eigenvalue weighted by Crippen LogP contribution is 2.37. The lowest BCUT2D eigenvalue weighted by Gasteiger charge is -2.34. The predicted molar refractivity (Wildman–Crippen MR) is 83.8 cm³/mol. The van der Waals surface area contributed by atoms with E-state index in [1.54, 1.807) is 10.9 Å². The van der Waals surface area contributed by atoms with Crippen molar-refractivity contribution >= 4 is 12.4 Å². The van der Waals surface area contributed by atoms with Gasteiger partial charge in [-0.3, -0.25) is 0 Å². The lowest BCUT2D eigenvalue weighted by molar-refractivity contribution is 0.229. The minimum Gasteiger partial charge on any atom is -0.334 e. The minimum absolute atomic E-state index is 0. The fraction of sp³-hybridized carbons (Fsp3) is 0.267. The molecular formula is C15H16ClN5O. The molecule has 0 spiro atoms. The van der Waals surface area contributed by atoms with E-state index in [-0.39, 0.29) is 12.4 Å². The molecule has 1 aliphatic carbocycles. The van der Waals surface area contributed by atoms with E-state index in [0.29, 0.717) is 11.7 Å². The van der Waals surface area contributed by atoms with Crippen molar-refractivity contribution in [2.45, 2.75) is 24.8 Å². The molecule has 0 atom stereocenters. The Morgan fingerprint density at radius 3 is 2.55 bits per heavy atom. The van der Waals surface area contributed by atoms with Crippen LogP contribution >= 0.6 is 12.4 Å². The van der Waals surface area contributed by atoms with Crippen LogP contribution in [0.3, 0.4) is 0 Å². The molecular weight excluding hydrogens is 302 g/mol. The summed E-state index contributed by atoms with van der Waals surface area (Å²) in [7, 11) is 0. The predicted octanol–water partition coefficient (Wildman–Crippen LogP) is 2.68. The van der Waals surface area contributed by atoms with Gasteiger partial charge in [-0.15, -0.1) is 12.4 Å². The van der Waals surface area contributed by atoms with E-state index in [9.17, 15) is 0 Å². The van der Waals surface area contributed by atoms with Crippen molar-refractivity contribution in [1.82, 2.24) is 19.9 Å². The number of nitrogens with two attached hydrogens (primary N) is 1. The summed E-state index contributed by atoms with van der Waals surface area (Å²) < 4.78 is 7.14. The molecule has 1 aromatic carbocycles. The van der Waals surface area contributed by atoms with Crippen molar-refractivity contribution < 1.29 is 4.52 Å². The van der Waals surface area contributed by atoms with E-state index in [0.717, 1.165) is 30.5 Å². The maximum atomic E-state index is 6.21. The summed E-state index contributed by atoms with van der Waals surface area (Å²) in [6.07, 6.45) is 6.61. The van der Waals surface area contributed by atoms with Crippen LogP contribution in [0.15, 0.2) is 47.2 Å². The number of aromatic nitrogens is 4. The molecule has 1 aliphatic rings. The van der Waals surface area contributed by atoms with Crippen molar-refractivity contribution in [2.75, 3.05) is 0 Å². The van der Waals surface area contributed by atoms with Crippen LogP contribution in [-0.4, -0.2) is 19.9 Å². The molecule has 7 heteroatoms. The molecule has 0 radical (unpaired) electrons. The molecule has 0 aliphatic heterocycles. The van der Waals surface area contributed by atoms with E-state index in [2.05, 4.69) is 15.2 Å². The van der Waals surface area contributed by atoms with Crippen LogP contribution in [0, 0.1) is 0 Å². The molecule has 2 N–H and O–H groups in total. The van der Waals surface area contributed by atoms with Crippen LogP contribution in [-0.2, 0) is 5.54 Å². The number of halogens is 1. The SMILES string of the molecule is Cl.NC1(c2noc(-c3ccc(-n4cccn4)cc3)n2)CCC1. The lowest BCUT2D eigenvalue weighted by Crippen LogP contribution is -2.44. The second kappa shape index (κ2) is 5.55. The largest absolute Gasteiger partial charge is 0.334 e. The third-order valence-electron chi connectivity index (χ3n) is 4.00. The Kier molecular flexibility index (Phi) is 3.72. The maximum absolute atomic E-state index is 6.21. The zero-order chi connectivity index (χ0) is 14.3. The zero-order valence-electron chi connectivity index (χ0n) is 11.8. The molecule has 0 unspecified atom stereocenters. The molecule has 22 heavy (non-hydrogen) atoms. The Balaban J connectivity index is 0.00000144. The van der Waals surface area contributed by atoms with E-state index in [4.69, 9.17) is 10.3 Å². The Morgan fingerprint density at radius 1 is 1.18 bits per heavy atom. The molecule has 0 amide bonds. The summed E-state index contributed by atoms with van der Waals surface area (Å²) in [4.78, 5) is 4.44. The van der Waals surface area contributed by atoms with Gasteiger partial charge in [-0.1, -0.05) is 5.16 Å². The molecule has 0 saturated heterocycles. The first-order valence-electron chi connectivity index (χ1n) is 6.98. The number of rotatable bonds is 3. The molecule has 114 valence electrons. The molecule has 1 saturated carbocycles. The number of hydrogen-bond acceptors (Lipinski definition) is 5. The lowest BCUT2D eigenvalue weighted by atomic mass is 9.77. The summed E-state index contributed by atoms with van der Waals surface area (Å²) in [5, 5.41) is 8.22. The van der Waals surface area contributed by atoms with Crippen LogP contribution in [0.2, 0.25) is 0 Å². The van der Waals surface area contributed by atoms with Crippen LogP contribution in [0.4, 0.5) is 0 Å². The second-order valence-corrected chi connectivity index (χ2v) is 5.43. The standard InChI is InChI=1S/C15H15N5O.ClH/c16-15(7-1-8-15)14-18-13(21-19-14)11-3-5-12(6-4-11)20-10-2-9-17-20;/h2-6,9-10H,1,7-8,16H2;1H. The summed E-state index contributed by atoms with van der Waals surface area (Å²) >= 11 is 0. The van der Waals surface area contributed by atoms with Crippen molar-refractivity contribution in [3.63, 3.8) is 0 Å². The van der Waals surface area contributed by atoms with E-state index < -0.39 is 5.54 Å². The molecule has 1 fully saturated rings. The third-order valence-corrected chi connectivity index (χ3v) is 4.00. The summed E-state index contributed by atoms with van der Waals surface area (Å²) in [6.45, 7) is 0. The third kappa shape index (κ3) is 2.40. The van der Waals surface area contributed by atoms with Crippen LogP contribution in [0.5, 0.6) is 0 Å². The fourth-order valence-corrected chi connectivity index (χ4v) is 2.50. The van der Waals surface area contributed by atoms with Gasteiger partial charge in [-0.05, 0) is 49.6 Å². The zero-order valence-corrected chi connectivity index (χ0v) is 12.7. The first-order chi connectivity index (χ1) is 10.2. The van der Waals surface area contributed by atoms with E-state index in [1.807, 2.05) is 36.5 Å². The maximum Gasteiger partial charge on any atom is 0.257 e. The first-order valence-corrected chi connectivity index (χ1v) is 6.98. The van der Waals surface area contributed by atoms with Crippen molar-refractivity contribution in [3.05, 3.63) is 48.5 Å². The molecule has 0 bridgehead atoms. The summed E-state index contributed by atoms with van der Waals surface area (Å²) in [6, 6.07) is 9.70. The highest BCUT2D eigenvalue weighted by molar-refractivity contribution is 5.85. The van der Waals surface area contributed by atoms with Gasteiger partial charge in [0.15, 0.2) is 5.82 Å². The quantitative estimate of drug-likeness (QED) is 0.803. The summed E-state index contributed by atoms with van der Waals surface area (Å²) in [5.74, 6) is 1.12. The van der Waals surface area contributed by atoms with Gasteiger partial charge in [-0.2, -0.15) is 10.1 Å². The van der Waals surface area contributed by atoms with Gasteiger partial charge >= 0.3 is 0 Å². The van der Waals surface area contributed by atoms with Crippen LogP contribution in [0.25, 0.3) is 17.1 Å². The van der Waals surface area contributed by atoms with Crippen molar-refractivity contribution in [3.8, 4) is 17.1 Å². The number of hydrogen-bond donors (Lipinski definition) is 1. The van der Waals surface area contributed by atoms with Gasteiger partial charge in [0, 0.05) is 18.0 Å². The number of benzene rings is 1. The Bertz CT molecular complexity index is 747. The normalized spacial score (nSPS) is 15.9. The molecule has 2 aromatic heterocycles. The average Bonchev–Trinajstić information content (AvgIpc) is 3.16. The molecule has 3 aromatic rings. The monoisotopic (exact) mass is 317 g/mol. The highest BCUT2D eigenvalue weighted by atomic mass is 35.5.